The van der Waals surface area contributed by atoms with Crippen molar-refractivity contribution in [3.8, 4) is 5.75 Å². The minimum absolute atomic E-state index is 0.00459. The molecule has 2 amide bonds. The summed E-state index contributed by atoms with van der Waals surface area (Å²) in [6.07, 6.45) is -4.95. The van der Waals surface area contributed by atoms with Crippen LogP contribution in [0, 0.1) is 0 Å². The van der Waals surface area contributed by atoms with Gasteiger partial charge in [0.2, 0.25) is 0 Å². The van der Waals surface area contributed by atoms with Crippen LogP contribution in [0.1, 0.15) is 18.4 Å². The lowest BCUT2D eigenvalue weighted by Crippen LogP contribution is -2.58. The van der Waals surface area contributed by atoms with Crippen molar-refractivity contribution >= 4 is 23.5 Å². The van der Waals surface area contributed by atoms with Gasteiger partial charge in [0.05, 0.1) is 10.6 Å². The Bertz CT molecular complexity index is 781. The van der Waals surface area contributed by atoms with Crippen LogP contribution < -0.4 is 4.74 Å². The van der Waals surface area contributed by atoms with Gasteiger partial charge in [-0.05, 0) is 18.2 Å². The van der Waals surface area contributed by atoms with Crippen LogP contribution in [0.25, 0.3) is 0 Å². The number of carbonyl (C=O) groups excluding carboxylic acids is 1. The highest BCUT2D eigenvalue weighted by Gasteiger charge is 2.36. The first-order chi connectivity index (χ1) is 13.1. The summed E-state index contributed by atoms with van der Waals surface area (Å²) in [6, 6.07) is 2.56. The van der Waals surface area contributed by atoms with Crippen LogP contribution in [0.2, 0.25) is 5.02 Å². The van der Waals surface area contributed by atoms with Gasteiger partial charge < -0.3 is 14.7 Å². The van der Waals surface area contributed by atoms with Gasteiger partial charge in [0.1, 0.15) is 11.9 Å². The quantitative estimate of drug-likeness (QED) is 0.799. The van der Waals surface area contributed by atoms with Crippen molar-refractivity contribution in [1.82, 2.24) is 14.8 Å². The average molecular weight is 421 g/mol. The molecule has 2 heterocycles. The molecule has 0 saturated carbocycles. The Morgan fingerprint density at radius 2 is 1.89 bits per heavy atom. The number of nitrogens with zero attached hydrogens (tertiary/aromatic N) is 4. The first kappa shape index (κ1) is 20.5. The number of likely N-dealkylation sites (tertiary alicyclic amines) is 1. The molecule has 1 aromatic carbocycles. The molecule has 1 saturated heterocycles. The second-order valence-corrected chi connectivity index (χ2v) is 7.10. The summed E-state index contributed by atoms with van der Waals surface area (Å²) >= 11 is 5.98. The molecule has 2 aliphatic heterocycles. The zero-order valence-corrected chi connectivity index (χ0v) is 16.0. The summed E-state index contributed by atoms with van der Waals surface area (Å²) < 4.78 is 44.4. The smallest absolute Gasteiger partial charge is 0.416 e. The molecule has 1 aromatic rings. The number of aliphatic hydroxyl groups excluding tert-OH is 1. The number of likely N-dealkylation sites (N-methyl/N-ethyl adjacent to an activating group) is 1. The Labute approximate surface area is 164 Å². The van der Waals surface area contributed by atoms with Crippen LogP contribution in [0.4, 0.5) is 18.0 Å². The first-order valence-electron chi connectivity index (χ1n) is 8.63. The Hall–Kier alpha value is -2.20. The molecule has 0 aliphatic carbocycles. The Balaban J connectivity index is 1.65. The van der Waals surface area contributed by atoms with Gasteiger partial charge in [0, 0.05) is 40.0 Å². The van der Waals surface area contributed by atoms with Crippen LogP contribution in [-0.4, -0.2) is 71.3 Å². The number of hydrazone groups is 1. The highest BCUT2D eigenvalue weighted by atomic mass is 35.5. The van der Waals surface area contributed by atoms with Crippen LogP contribution in [0.15, 0.2) is 23.3 Å². The summed E-state index contributed by atoms with van der Waals surface area (Å²) in [7, 11) is 2.97. The van der Waals surface area contributed by atoms with E-state index in [9.17, 15) is 23.1 Å². The minimum Gasteiger partial charge on any atom is -0.489 e. The number of halogens is 4. The number of benzene rings is 1. The zero-order chi connectivity index (χ0) is 20.6. The van der Waals surface area contributed by atoms with Crippen molar-refractivity contribution < 1.29 is 27.8 Å². The Morgan fingerprint density at radius 1 is 1.25 bits per heavy atom. The monoisotopic (exact) mass is 420 g/mol. The highest BCUT2D eigenvalue weighted by molar-refractivity contribution is 6.32. The van der Waals surface area contributed by atoms with E-state index >= 15 is 0 Å². The SMILES string of the molecule is CN1N=C(N2CCC(Oc3cc(C(F)(F)F)ccc3Cl)CC2)C(O)N(C)C1=O. The van der Waals surface area contributed by atoms with Crippen LogP contribution >= 0.6 is 11.6 Å². The normalized spacial score (nSPS) is 21.8. The average Bonchev–Trinajstić information content (AvgIpc) is 2.64. The molecular weight excluding hydrogens is 401 g/mol. The standard InChI is InChI=1S/C17H20ClF3N4O3/c1-23-15(26)14(22-24(2)16(23)27)25-7-5-11(6-8-25)28-13-9-10(17(19,20)21)3-4-12(13)18/h3-4,9,11,15,26H,5-8H2,1-2H3. The number of rotatable bonds is 2. The van der Waals surface area contributed by atoms with Crippen LogP contribution in [0.5, 0.6) is 5.75 Å². The molecule has 154 valence electrons. The molecule has 1 fully saturated rings. The topological polar surface area (TPSA) is 68.6 Å². The van der Waals surface area contributed by atoms with Crippen molar-refractivity contribution in [1.29, 1.82) is 0 Å². The van der Waals surface area contributed by atoms with Gasteiger partial charge in [-0.25, -0.2) is 9.80 Å². The number of aliphatic hydroxyl groups is 1. The maximum Gasteiger partial charge on any atom is 0.416 e. The third-order valence-corrected chi connectivity index (χ3v) is 5.06. The number of carbonyl (C=O) groups is 1. The predicted molar refractivity (Wildman–Crippen MR) is 96.0 cm³/mol. The molecule has 28 heavy (non-hydrogen) atoms. The van der Waals surface area contributed by atoms with E-state index in [1.54, 1.807) is 0 Å². The van der Waals surface area contributed by atoms with Gasteiger partial charge in [-0.1, -0.05) is 11.6 Å². The fourth-order valence-electron chi connectivity index (χ4n) is 3.13. The number of hydrogen-bond donors (Lipinski definition) is 1. The van der Waals surface area contributed by atoms with E-state index in [-0.39, 0.29) is 16.9 Å². The fourth-order valence-corrected chi connectivity index (χ4v) is 3.30. The molecule has 11 heteroatoms. The van der Waals surface area contributed by atoms with E-state index in [0.29, 0.717) is 31.8 Å². The van der Waals surface area contributed by atoms with Crippen LogP contribution in [0.3, 0.4) is 0 Å². The number of amides is 2. The maximum absolute atomic E-state index is 12.9. The van der Waals surface area contributed by atoms with Gasteiger partial charge in [0.25, 0.3) is 0 Å². The molecule has 7 nitrogen and oxygen atoms in total. The first-order valence-corrected chi connectivity index (χ1v) is 9.01. The molecule has 2 aliphatic rings. The highest BCUT2D eigenvalue weighted by Crippen LogP contribution is 2.36. The second kappa shape index (κ2) is 7.67. The van der Waals surface area contributed by atoms with E-state index in [4.69, 9.17) is 16.3 Å². The van der Waals surface area contributed by atoms with Gasteiger partial charge in [-0.3, -0.25) is 4.90 Å². The molecule has 1 atom stereocenters. The van der Waals surface area contributed by atoms with Gasteiger partial charge in [0.15, 0.2) is 12.1 Å². The van der Waals surface area contributed by atoms with Crippen molar-refractivity contribution in [2.24, 2.45) is 5.10 Å². The molecule has 1 N–H and O–H groups in total. The second-order valence-electron chi connectivity index (χ2n) is 6.70. The van der Waals surface area contributed by atoms with E-state index in [2.05, 4.69) is 5.10 Å². The molecule has 0 aromatic heterocycles. The largest absolute Gasteiger partial charge is 0.489 e. The van der Waals surface area contributed by atoms with Crippen molar-refractivity contribution in [3.63, 3.8) is 0 Å². The Kier molecular flexibility index (Phi) is 5.62. The number of piperidine rings is 1. The molecule has 0 radical (unpaired) electrons. The lowest BCUT2D eigenvalue weighted by molar-refractivity contribution is -0.137. The van der Waals surface area contributed by atoms with Gasteiger partial charge in [-0.15, -0.1) is 0 Å². The minimum atomic E-state index is -4.48. The zero-order valence-electron chi connectivity index (χ0n) is 15.3. The summed E-state index contributed by atoms with van der Waals surface area (Å²) in [4.78, 5) is 14.8. The summed E-state index contributed by atoms with van der Waals surface area (Å²) in [6.45, 7) is 0.931. The van der Waals surface area contributed by atoms with Gasteiger partial charge >= 0.3 is 12.2 Å². The van der Waals surface area contributed by atoms with E-state index in [1.807, 2.05) is 4.90 Å². The number of ether oxygens (including phenoxy) is 1. The maximum atomic E-state index is 12.9. The summed E-state index contributed by atoms with van der Waals surface area (Å²) in [5.41, 5.74) is -0.820. The lowest BCUT2D eigenvalue weighted by Gasteiger charge is -2.40. The number of amidine groups is 1. The number of hydrogen-bond acceptors (Lipinski definition) is 5. The lowest BCUT2D eigenvalue weighted by atomic mass is 10.1. The number of urea groups is 1. The molecule has 1 unspecified atom stereocenters. The molecule has 0 spiro atoms. The third-order valence-electron chi connectivity index (χ3n) is 4.75. The van der Waals surface area contributed by atoms with Crippen molar-refractivity contribution in [3.05, 3.63) is 28.8 Å². The van der Waals surface area contributed by atoms with E-state index in [0.717, 1.165) is 17.1 Å². The summed E-state index contributed by atoms with van der Waals surface area (Å²) in [5.74, 6) is 0.343. The van der Waals surface area contributed by atoms with Crippen molar-refractivity contribution in [2.45, 2.75) is 31.3 Å². The van der Waals surface area contributed by atoms with Gasteiger partial charge in [-0.2, -0.15) is 18.3 Å². The Morgan fingerprint density at radius 3 is 2.50 bits per heavy atom. The number of alkyl halides is 3. The molecule has 3 rings (SSSR count). The van der Waals surface area contributed by atoms with Crippen LogP contribution in [-0.2, 0) is 6.18 Å². The third kappa shape index (κ3) is 4.12. The predicted octanol–water partition coefficient (Wildman–Crippen LogP) is 2.83. The fraction of sp³-hybridized carbons (Fsp3) is 0.529. The van der Waals surface area contributed by atoms with E-state index < -0.39 is 24.0 Å². The summed E-state index contributed by atoms with van der Waals surface area (Å²) in [5, 5.41) is 15.7. The van der Waals surface area contributed by atoms with E-state index in [1.165, 1.54) is 25.1 Å². The van der Waals surface area contributed by atoms with Crippen molar-refractivity contribution in [2.75, 3.05) is 27.2 Å². The molecule has 0 bridgehead atoms. The molecular formula is C17H20ClF3N4O3.